The molecule has 214 valence electrons. The molecule has 0 fully saturated rings. The first-order chi connectivity index (χ1) is 18.9. The minimum atomic E-state index is -3.86. The number of hydrogen-bond donors (Lipinski definition) is 1. The first kappa shape index (κ1) is 30.8. The third-order valence-electron chi connectivity index (χ3n) is 6.91. The van der Waals surface area contributed by atoms with Gasteiger partial charge in [-0.25, -0.2) is 12.8 Å². The highest BCUT2D eigenvalue weighted by Crippen LogP contribution is 2.27. The first-order valence-electron chi connectivity index (χ1n) is 13.3. The van der Waals surface area contributed by atoms with Crippen molar-refractivity contribution in [3.63, 3.8) is 0 Å². The van der Waals surface area contributed by atoms with Gasteiger partial charge in [0.15, 0.2) is 0 Å². The number of sulfonamides is 1. The third kappa shape index (κ3) is 8.14. The van der Waals surface area contributed by atoms with Crippen molar-refractivity contribution in [3.05, 3.63) is 101 Å². The molecule has 3 rings (SSSR count). The number of amides is 2. The molecular weight excluding hydrogens is 529 g/mol. The van der Waals surface area contributed by atoms with E-state index in [2.05, 4.69) is 5.32 Å². The van der Waals surface area contributed by atoms with Crippen LogP contribution in [0, 0.1) is 19.7 Å². The molecule has 0 aromatic heterocycles. The largest absolute Gasteiger partial charge is 0.352 e. The average Bonchev–Trinajstić information content (AvgIpc) is 2.90. The van der Waals surface area contributed by atoms with E-state index in [9.17, 15) is 22.4 Å². The van der Waals surface area contributed by atoms with E-state index in [0.29, 0.717) is 28.8 Å². The number of para-hydroxylation sites is 1. The number of carbonyl (C=O) groups excluding carboxylic acids is 2. The Hall–Kier alpha value is -3.72. The summed E-state index contributed by atoms with van der Waals surface area (Å²) in [4.78, 5) is 29.2. The molecule has 1 N–H and O–H groups in total. The summed E-state index contributed by atoms with van der Waals surface area (Å²) in [6, 6.07) is 19.4. The van der Waals surface area contributed by atoms with Crippen molar-refractivity contribution < 1.29 is 22.4 Å². The third-order valence-corrected chi connectivity index (χ3v) is 8.02. The van der Waals surface area contributed by atoms with Crippen molar-refractivity contribution in [2.24, 2.45) is 0 Å². The fourth-order valence-electron chi connectivity index (χ4n) is 4.56. The fourth-order valence-corrected chi connectivity index (χ4v) is 5.52. The molecule has 40 heavy (non-hydrogen) atoms. The lowest BCUT2D eigenvalue weighted by Crippen LogP contribution is -2.54. The van der Waals surface area contributed by atoms with E-state index in [1.807, 2.05) is 50.2 Å². The van der Waals surface area contributed by atoms with E-state index < -0.39 is 34.3 Å². The van der Waals surface area contributed by atoms with Gasteiger partial charge in [0.1, 0.15) is 18.4 Å². The minimum Gasteiger partial charge on any atom is -0.352 e. The van der Waals surface area contributed by atoms with E-state index >= 15 is 0 Å². The van der Waals surface area contributed by atoms with Gasteiger partial charge in [0.2, 0.25) is 21.8 Å². The van der Waals surface area contributed by atoms with Gasteiger partial charge in [-0.3, -0.25) is 13.9 Å². The van der Waals surface area contributed by atoms with E-state index in [4.69, 9.17) is 0 Å². The van der Waals surface area contributed by atoms with Crippen LogP contribution in [0.2, 0.25) is 0 Å². The normalized spacial score (nSPS) is 12.8. The molecule has 0 aliphatic heterocycles. The molecular formula is C31H38FN3O4S. The van der Waals surface area contributed by atoms with Crippen LogP contribution in [0.1, 0.15) is 42.5 Å². The maximum atomic E-state index is 14.1. The summed E-state index contributed by atoms with van der Waals surface area (Å²) in [5, 5.41) is 2.99. The summed E-state index contributed by atoms with van der Waals surface area (Å²) in [6.45, 7) is 6.92. The first-order valence-corrected chi connectivity index (χ1v) is 15.2. The van der Waals surface area contributed by atoms with Crippen LogP contribution in [0.4, 0.5) is 10.1 Å². The summed E-state index contributed by atoms with van der Waals surface area (Å²) < 4.78 is 40.8. The number of nitrogens with one attached hydrogen (secondary N) is 1. The van der Waals surface area contributed by atoms with Crippen LogP contribution >= 0.6 is 0 Å². The van der Waals surface area contributed by atoms with Gasteiger partial charge in [0.05, 0.1) is 11.9 Å². The van der Waals surface area contributed by atoms with E-state index in [1.54, 1.807) is 38.1 Å². The topological polar surface area (TPSA) is 86.8 Å². The van der Waals surface area contributed by atoms with E-state index in [-0.39, 0.29) is 24.9 Å². The zero-order chi connectivity index (χ0) is 29.4. The van der Waals surface area contributed by atoms with Crippen molar-refractivity contribution in [1.82, 2.24) is 10.2 Å². The molecule has 7 nitrogen and oxygen atoms in total. The summed E-state index contributed by atoms with van der Waals surface area (Å²) in [6.07, 6.45) is 1.98. The number of hydrogen-bond acceptors (Lipinski definition) is 4. The summed E-state index contributed by atoms with van der Waals surface area (Å²) in [5.41, 5.74) is 3.31. The Kier molecular flexibility index (Phi) is 10.5. The second-order valence-electron chi connectivity index (χ2n) is 10.2. The quantitative estimate of drug-likeness (QED) is 0.342. The lowest BCUT2D eigenvalue weighted by molar-refractivity contribution is -0.140. The van der Waals surface area contributed by atoms with Crippen LogP contribution < -0.4 is 9.62 Å². The van der Waals surface area contributed by atoms with Crippen LogP contribution in [0.25, 0.3) is 0 Å². The SMILES string of the molecule is CC[C@H](C)NC(=O)[C@H](Cc1ccccc1)N(Cc1ccc(F)cc1)C(=O)CN(c1c(C)cccc1C)S(C)(=O)=O. The van der Waals surface area contributed by atoms with Crippen LogP contribution in [-0.4, -0.2) is 50.0 Å². The molecule has 0 spiro atoms. The monoisotopic (exact) mass is 567 g/mol. The van der Waals surface area contributed by atoms with E-state index in [0.717, 1.165) is 16.1 Å². The molecule has 0 bridgehead atoms. The number of halogens is 1. The van der Waals surface area contributed by atoms with Gasteiger partial charge in [-0.1, -0.05) is 67.6 Å². The number of rotatable bonds is 12. The highest BCUT2D eigenvalue weighted by atomic mass is 32.2. The van der Waals surface area contributed by atoms with Gasteiger partial charge in [0, 0.05) is 19.0 Å². The fraction of sp³-hybridized carbons (Fsp3) is 0.355. The van der Waals surface area contributed by atoms with Crippen molar-refractivity contribution in [3.8, 4) is 0 Å². The van der Waals surface area contributed by atoms with Crippen molar-refractivity contribution >= 4 is 27.5 Å². The lowest BCUT2D eigenvalue weighted by atomic mass is 10.0. The highest BCUT2D eigenvalue weighted by molar-refractivity contribution is 7.92. The predicted octanol–water partition coefficient (Wildman–Crippen LogP) is 4.76. The molecule has 0 saturated heterocycles. The Morgan fingerprint density at radius 1 is 0.900 bits per heavy atom. The van der Waals surface area contributed by atoms with Gasteiger partial charge in [-0.2, -0.15) is 0 Å². The molecule has 0 heterocycles. The predicted molar refractivity (Wildman–Crippen MR) is 157 cm³/mol. The Morgan fingerprint density at radius 3 is 2.05 bits per heavy atom. The highest BCUT2D eigenvalue weighted by Gasteiger charge is 2.34. The average molecular weight is 568 g/mol. The minimum absolute atomic E-state index is 0.00506. The number of nitrogens with zero attached hydrogens (tertiary/aromatic N) is 2. The Morgan fingerprint density at radius 2 is 1.50 bits per heavy atom. The van der Waals surface area contributed by atoms with Crippen LogP contribution in [0.15, 0.2) is 72.8 Å². The standard InChI is InChI=1S/C31H38FN3O4S/c1-6-24(4)33-31(37)28(19-25-13-8-7-9-14-25)34(20-26-15-17-27(32)18-16-26)29(36)21-35(40(5,38)39)30-22(2)11-10-12-23(30)3/h7-18,24,28H,6,19-21H2,1-5H3,(H,33,37)/t24-,28-/m0/s1. The van der Waals surface area contributed by atoms with Gasteiger partial charge in [-0.15, -0.1) is 0 Å². The number of aryl methyl sites for hydroxylation is 2. The number of carbonyl (C=O) groups is 2. The van der Waals surface area contributed by atoms with Crippen molar-refractivity contribution in [2.45, 2.75) is 59.2 Å². The second-order valence-corrected chi connectivity index (χ2v) is 12.1. The second kappa shape index (κ2) is 13.6. The maximum absolute atomic E-state index is 14.1. The Bertz CT molecular complexity index is 1390. The van der Waals surface area contributed by atoms with Crippen LogP contribution in [0.3, 0.4) is 0 Å². The number of anilines is 1. The van der Waals surface area contributed by atoms with E-state index in [1.165, 1.54) is 17.0 Å². The molecule has 3 aromatic carbocycles. The van der Waals surface area contributed by atoms with Gasteiger partial charge >= 0.3 is 0 Å². The van der Waals surface area contributed by atoms with Gasteiger partial charge in [0.25, 0.3) is 0 Å². The molecule has 0 aliphatic carbocycles. The molecule has 0 radical (unpaired) electrons. The molecule has 9 heteroatoms. The van der Waals surface area contributed by atoms with Crippen molar-refractivity contribution in [1.29, 1.82) is 0 Å². The zero-order valence-electron chi connectivity index (χ0n) is 23.7. The summed E-state index contributed by atoms with van der Waals surface area (Å²) in [7, 11) is -3.86. The zero-order valence-corrected chi connectivity index (χ0v) is 24.5. The molecule has 0 aliphatic rings. The molecule has 2 atom stereocenters. The maximum Gasteiger partial charge on any atom is 0.244 e. The molecule has 3 aromatic rings. The summed E-state index contributed by atoms with van der Waals surface area (Å²) >= 11 is 0. The number of benzene rings is 3. The summed E-state index contributed by atoms with van der Waals surface area (Å²) in [5.74, 6) is -1.31. The van der Waals surface area contributed by atoms with Crippen molar-refractivity contribution in [2.75, 3.05) is 17.1 Å². The van der Waals surface area contributed by atoms with Crippen LogP contribution in [-0.2, 0) is 32.6 Å². The van der Waals surface area contributed by atoms with Gasteiger partial charge < -0.3 is 10.2 Å². The van der Waals surface area contributed by atoms with Crippen LogP contribution in [0.5, 0.6) is 0 Å². The Balaban J connectivity index is 2.09. The molecule has 0 saturated carbocycles. The lowest BCUT2D eigenvalue weighted by Gasteiger charge is -2.34. The molecule has 0 unspecified atom stereocenters. The molecule has 2 amide bonds. The Labute approximate surface area is 237 Å². The smallest absolute Gasteiger partial charge is 0.244 e. The van der Waals surface area contributed by atoms with Gasteiger partial charge in [-0.05, 0) is 61.6 Å².